The van der Waals surface area contributed by atoms with Gasteiger partial charge in [-0.1, -0.05) is 44.4 Å². The van der Waals surface area contributed by atoms with Gasteiger partial charge in [-0.25, -0.2) is 0 Å². The number of hydrogen-bond donors (Lipinski definition) is 2. The van der Waals surface area contributed by atoms with E-state index >= 15 is 0 Å². The lowest BCUT2D eigenvalue weighted by atomic mass is 9.87. The van der Waals surface area contributed by atoms with Crippen molar-refractivity contribution in [3.63, 3.8) is 0 Å². The van der Waals surface area contributed by atoms with Crippen molar-refractivity contribution in [3.05, 3.63) is 71.8 Å². The van der Waals surface area contributed by atoms with E-state index in [2.05, 4.69) is 20.1 Å². The molecule has 0 spiro atoms. The molecule has 0 saturated carbocycles. The fourth-order valence-electron chi connectivity index (χ4n) is 2.57. The SMILES string of the molecule is C=Cc1cc(C(CC)c2ccc(O)c(C=C)c2)ccc1O. The van der Waals surface area contributed by atoms with E-state index in [9.17, 15) is 10.2 Å². The van der Waals surface area contributed by atoms with Crippen LogP contribution in [0.1, 0.15) is 41.5 Å². The van der Waals surface area contributed by atoms with Crippen LogP contribution < -0.4 is 0 Å². The molecule has 0 saturated heterocycles. The van der Waals surface area contributed by atoms with E-state index in [1.807, 2.05) is 24.3 Å². The van der Waals surface area contributed by atoms with Crippen molar-refractivity contribution in [2.24, 2.45) is 0 Å². The van der Waals surface area contributed by atoms with Crippen LogP contribution in [0.3, 0.4) is 0 Å². The molecule has 0 amide bonds. The summed E-state index contributed by atoms with van der Waals surface area (Å²) in [5.41, 5.74) is 3.69. The van der Waals surface area contributed by atoms with Crippen LogP contribution in [0.4, 0.5) is 0 Å². The highest BCUT2D eigenvalue weighted by atomic mass is 16.3. The molecule has 2 aromatic carbocycles. The Bertz CT molecular complexity index is 614. The molecule has 0 aliphatic carbocycles. The average molecular weight is 280 g/mol. The van der Waals surface area contributed by atoms with Gasteiger partial charge in [0.25, 0.3) is 0 Å². The van der Waals surface area contributed by atoms with Crippen LogP contribution >= 0.6 is 0 Å². The minimum absolute atomic E-state index is 0.198. The second-order valence-electron chi connectivity index (χ2n) is 5.01. The van der Waals surface area contributed by atoms with E-state index in [1.165, 1.54) is 0 Å². The fraction of sp³-hybridized carbons (Fsp3) is 0.158. The molecular formula is C19H20O2. The van der Waals surface area contributed by atoms with E-state index in [4.69, 9.17) is 0 Å². The Morgan fingerprint density at radius 2 is 1.33 bits per heavy atom. The van der Waals surface area contributed by atoms with Crippen molar-refractivity contribution < 1.29 is 10.2 Å². The third-order valence-corrected chi connectivity index (χ3v) is 3.76. The Labute approximate surface area is 125 Å². The average Bonchev–Trinajstić information content (AvgIpc) is 2.51. The van der Waals surface area contributed by atoms with E-state index in [0.29, 0.717) is 0 Å². The van der Waals surface area contributed by atoms with E-state index in [-0.39, 0.29) is 17.4 Å². The van der Waals surface area contributed by atoms with Crippen molar-refractivity contribution in [1.29, 1.82) is 0 Å². The molecule has 0 heterocycles. The minimum atomic E-state index is 0.198. The lowest BCUT2D eigenvalue weighted by Crippen LogP contribution is -2.00. The third kappa shape index (κ3) is 3.00. The molecule has 2 rings (SSSR count). The molecule has 2 nitrogen and oxygen atoms in total. The van der Waals surface area contributed by atoms with Gasteiger partial charge in [0, 0.05) is 17.0 Å². The van der Waals surface area contributed by atoms with E-state index < -0.39 is 0 Å². The van der Waals surface area contributed by atoms with Gasteiger partial charge in [0.2, 0.25) is 0 Å². The Kier molecular flexibility index (Phi) is 4.49. The Balaban J connectivity index is 2.48. The summed E-state index contributed by atoms with van der Waals surface area (Å²) in [5.74, 6) is 0.672. The molecule has 0 fully saturated rings. The summed E-state index contributed by atoms with van der Waals surface area (Å²) in [7, 11) is 0. The summed E-state index contributed by atoms with van der Waals surface area (Å²) < 4.78 is 0. The number of phenolic OH excluding ortho intramolecular Hbond substituents is 2. The summed E-state index contributed by atoms with van der Waals surface area (Å²) in [4.78, 5) is 0. The van der Waals surface area contributed by atoms with Crippen molar-refractivity contribution in [2.45, 2.75) is 19.3 Å². The van der Waals surface area contributed by atoms with Crippen LogP contribution in [0.5, 0.6) is 11.5 Å². The molecule has 0 aliphatic rings. The molecule has 0 radical (unpaired) electrons. The highest BCUT2D eigenvalue weighted by molar-refractivity contribution is 5.59. The molecule has 0 atom stereocenters. The number of benzene rings is 2. The molecule has 2 heteroatoms. The highest BCUT2D eigenvalue weighted by Crippen LogP contribution is 2.33. The summed E-state index contributed by atoms with van der Waals surface area (Å²) in [6, 6.07) is 11.2. The van der Waals surface area contributed by atoms with Gasteiger partial charge in [-0.3, -0.25) is 0 Å². The summed E-state index contributed by atoms with van der Waals surface area (Å²) >= 11 is 0. The zero-order valence-electron chi connectivity index (χ0n) is 12.2. The Morgan fingerprint density at radius 1 is 0.905 bits per heavy atom. The number of rotatable bonds is 5. The second-order valence-corrected chi connectivity index (χ2v) is 5.01. The molecule has 0 unspecified atom stereocenters. The largest absolute Gasteiger partial charge is 0.507 e. The smallest absolute Gasteiger partial charge is 0.122 e. The van der Waals surface area contributed by atoms with Crippen LogP contribution in [0, 0.1) is 0 Å². The predicted octanol–water partition coefficient (Wildman–Crippen LogP) is 4.93. The number of phenols is 2. The molecule has 0 bridgehead atoms. The third-order valence-electron chi connectivity index (χ3n) is 3.76. The second kappa shape index (κ2) is 6.31. The zero-order valence-corrected chi connectivity index (χ0v) is 12.2. The standard InChI is InChI=1S/C19H20O2/c1-4-13-11-15(7-9-18(13)20)17(6-3)16-8-10-19(21)14(5-2)12-16/h4-5,7-12,17,20-21H,1-2,6H2,3H3. The van der Waals surface area contributed by atoms with Gasteiger partial charge in [-0.05, 0) is 41.8 Å². The van der Waals surface area contributed by atoms with Gasteiger partial charge >= 0.3 is 0 Å². The quantitative estimate of drug-likeness (QED) is 0.815. The summed E-state index contributed by atoms with van der Waals surface area (Å²) in [5, 5.41) is 19.5. The van der Waals surface area contributed by atoms with Gasteiger partial charge in [-0.2, -0.15) is 0 Å². The maximum atomic E-state index is 9.76. The first kappa shape index (κ1) is 14.9. The first-order valence-corrected chi connectivity index (χ1v) is 7.01. The van der Waals surface area contributed by atoms with Gasteiger partial charge in [0.15, 0.2) is 0 Å². The maximum Gasteiger partial charge on any atom is 0.122 e. The van der Waals surface area contributed by atoms with E-state index in [1.54, 1.807) is 24.3 Å². The normalized spacial score (nSPS) is 10.6. The molecule has 2 N–H and O–H groups in total. The van der Waals surface area contributed by atoms with E-state index in [0.717, 1.165) is 28.7 Å². The number of hydrogen-bond acceptors (Lipinski definition) is 2. The fourth-order valence-corrected chi connectivity index (χ4v) is 2.57. The lowest BCUT2D eigenvalue weighted by Gasteiger charge is -2.18. The Morgan fingerprint density at radius 3 is 1.67 bits per heavy atom. The summed E-state index contributed by atoms with van der Waals surface area (Å²) in [6.07, 6.45) is 4.22. The topological polar surface area (TPSA) is 40.5 Å². The zero-order chi connectivity index (χ0) is 15.4. The first-order valence-electron chi connectivity index (χ1n) is 7.01. The van der Waals surface area contributed by atoms with Crippen molar-refractivity contribution >= 4 is 12.2 Å². The summed E-state index contributed by atoms with van der Waals surface area (Å²) in [6.45, 7) is 9.56. The van der Waals surface area contributed by atoms with Gasteiger partial charge in [-0.15, -0.1) is 0 Å². The van der Waals surface area contributed by atoms with Crippen LogP contribution in [-0.4, -0.2) is 10.2 Å². The first-order chi connectivity index (χ1) is 10.1. The highest BCUT2D eigenvalue weighted by Gasteiger charge is 2.14. The van der Waals surface area contributed by atoms with Crippen LogP contribution in [0.25, 0.3) is 12.2 Å². The van der Waals surface area contributed by atoms with Crippen LogP contribution in [0.2, 0.25) is 0 Å². The van der Waals surface area contributed by atoms with Gasteiger partial charge < -0.3 is 10.2 Å². The Hall–Kier alpha value is -2.48. The van der Waals surface area contributed by atoms with Crippen LogP contribution in [-0.2, 0) is 0 Å². The predicted molar refractivity (Wildman–Crippen MR) is 88.5 cm³/mol. The lowest BCUT2D eigenvalue weighted by molar-refractivity contribution is 0.473. The van der Waals surface area contributed by atoms with Crippen molar-refractivity contribution in [3.8, 4) is 11.5 Å². The molecule has 21 heavy (non-hydrogen) atoms. The maximum absolute atomic E-state index is 9.76. The molecular weight excluding hydrogens is 260 g/mol. The minimum Gasteiger partial charge on any atom is -0.507 e. The molecule has 0 aromatic heterocycles. The van der Waals surface area contributed by atoms with Crippen molar-refractivity contribution in [2.75, 3.05) is 0 Å². The number of aromatic hydroxyl groups is 2. The van der Waals surface area contributed by atoms with Gasteiger partial charge in [0.1, 0.15) is 11.5 Å². The molecule has 108 valence electrons. The van der Waals surface area contributed by atoms with Crippen molar-refractivity contribution in [1.82, 2.24) is 0 Å². The van der Waals surface area contributed by atoms with Gasteiger partial charge in [0.05, 0.1) is 0 Å². The molecule has 2 aromatic rings. The molecule has 0 aliphatic heterocycles. The monoisotopic (exact) mass is 280 g/mol. The van der Waals surface area contributed by atoms with Crippen LogP contribution in [0.15, 0.2) is 49.6 Å².